The van der Waals surface area contributed by atoms with Crippen molar-refractivity contribution in [1.82, 2.24) is 9.97 Å². The number of fused-ring (bicyclic) bond motifs is 6. The fourth-order valence-corrected chi connectivity index (χ4v) is 9.16. The number of hydrogen-bond donors (Lipinski definition) is 0. The third-order valence-electron chi connectivity index (χ3n) is 9.54. The van der Waals surface area contributed by atoms with E-state index in [4.69, 9.17) is 13.5 Å². The number of pyridine rings is 2. The van der Waals surface area contributed by atoms with Crippen molar-refractivity contribution in [3.8, 4) is 22.5 Å². The van der Waals surface area contributed by atoms with Gasteiger partial charge in [0.25, 0.3) is 0 Å². The molecule has 0 saturated carbocycles. The summed E-state index contributed by atoms with van der Waals surface area (Å²) in [5, 5.41) is 5.39. The molecule has 0 N–H and O–H groups in total. The third kappa shape index (κ3) is 7.42. The van der Waals surface area contributed by atoms with Crippen LogP contribution in [-0.4, -0.2) is 18.0 Å². The van der Waals surface area contributed by atoms with Crippen molar-refractivity contribution in [2.45, 2.75) is 46.8 Å². The number of hydrogen-bond acceptors (Lipinski definition) is 4. The zero-order valence-electron chi connectivity index (χ0n) is 33.3. The fraction of sp³-hybridized carbons (Fsp3) is 0.149. The van der Waals surface area contributed by atoms with Crippen molar-refractivity contribution in [3.63, 3.8) is 0 Å². The third-order valence-corrected chi connectivity index (χ3v) is 12.8. The standard InChI is InChI=1S/C26H20NO.C21H20NSSi.Ir/c1-17-12-18(2)26-22-16-21(8-9-24(22)28-25(26)13-17)23-15-20(10-11-27-23)14-19-6-4-3-5-7-19;1-14-9-11-16(18-12-10-15(13-22-18)24(2,3)4)21-20(14)17-7-5-6-8-19(17)23-21;/h3-7,9-13,15-16H,14H2,1-2H3;5-10,12-13H,1-4H3;/q2*-1;/i;1D3;. The molecule has 0 bridgehead atoms. The summed E-state index contributed by atoms with van der Waals surface area (Å²) in [5.41, 5.74) is 10.8. The number of furan rings is 1. The monoisotopic (exact) mass is 904 g/mol. The predicted octanol–water partition coefficient (Wildman–Crippen LogP) is 12.4. The summed E-state index contributed by atoms with van der Waals surface area (Å²) in [6.45, 7) is 8.95. The maximum absolute atomic E-state index is 7.95. The average molecular weight is 904 g/mol. The first-order chi connectivity index (χ1) is 26.3. The van der Waals surface area contributed by atoms with Gasteiger partial charge in [0.05, 0.1) is 13.7 Å². The van der Waals surface area contributed by atoms with Gasteiger partial charge in [-0.2, -0.15) is 11.3 Å². The Bertz CT molecular complexity index is 2840. The largest absolute Gasteiger partial charge is 0.500 e. The molecule has 0 unspecified atom stereocenters. The molecule has 265 valence electrons. The summed E-state index contributed by atoms with van der Waals surface area (Å²) in [5.74, 6) is 0. The van der Waals surface area contributed by atoms with Gasteiger partial charge in [0, 0.05) is 46.7 Å². The van der Waals surface area contributed by atoms with Crippen molar-refractivity contribution in [1.29, 1.82) is 0 Å². The van der Waals surface area contributed by atoms with Crippen molar-refractivity contribution in [2.24, 2.45) is 0 Å². The molecule has 9 rings (SSSR count). The van der Waals surface area contributed by atoms with Crippen LogP contribution in [0.3, 0.4) is 0 Å². The van der Waals surface area contributed by atoms with Gasteiger partial charge < -0.3 is 14.4 Å². The van der Waals surface area contributed by atoms with Gasteiger partial charge in [0.2, 0.25) is 0 Å². The summed E-state index contributed by atoms with van der Waals surface area (Å²) in [6, 6.07) is 43.5. The first-order valence-electron chi connectivity index (χ1n) is 19.0. The van der Waals surface area contributed by atoms with E-state index >= 15 is 0 Å². The Morgan fingerprint density at radius 2 is 1.55 bits per heavy atom. The average Bonchev–Trinajstić information content (AvgIpc) is 3.73. The number of thiophene rings is 1. The Morgan fingerprint density at radius 1 is 0.736 bits per heavy atom. The molecule has 0 fully saturated rings. The van der Waals surface area contributed by atoms with E-state index in [1.807, 2.05) is 54.9 Å². The van der Waals surface area contributed by atoms with Crippen LogP contribution in [0.15, 0.2) is 126 Å². The first kappa shape index (κ1) is 32.9. The fourth-order valence-electron chi connectivity index (χ4n) is 6.89. The smallest absolute Gasteiger partial charge is 0.121 e. The molecule has 0 aliphatic heterocycles. The van der Waals surface area contributed by atoms with Crippen LogP contribution in [0.25, 0.3) is 64.6 Å². The normalized spacial score (nSPS) is 12.6. The Hall–Kier alpha value is -4.71. The number of nitrogens with zero attached hydrogens (tertiary/aromatic N) is 2. The van der Waals surface area contributed by atoms with Crippen LogP contribution in [0.2, 0.25) is 19.6 Å². The summed E-state index contributed by atoms with van der Waals surface area (Å²) >= 11 is 1.61. The van der Waals surface area contributed by atoms with Crippen LogP contribution < -0.4 is 5.19 Å². The van der Waals surface area contributed by atoms with Gasteiger partial charge in [-0.1, -0.05) is 110 Å². The van der Waals surface area contributed by atoms with Crippen LogP contribution in [0.1, 0.15) is 31.9 Å². The SMILES string of the molecule is Cc1cc(C)c2c(c1)oc1c[c-]c(-c3cc(Cc4ccccc4)ccn3)cc12.[2H]C([2H])([2H])c1c[c-]c(-c2ccc([Si](C)(C)C)cn2)c2sc3ccccc3c12.[Ir]. The molecule has 53 heavy (non-hydrogen) atoms. The number of benzene rings is 5. The molecule has 0 aliphatic rings. The minimum atomic E-state index is -2.17. The van der Waals surface area contributed by atoms with Gasteiger partial charge in [0.1, 0.15) is 5.58 Å². The summed E-state index contributed by atoms with van der Waals surface area (Å²) in [6.07, 6.45) is 4.74. The van der Waals surface area contributed by atoms with E-state index in [0.29, 0.717) is 5.56 Å². The van der Waals surface area contributed by atoms with Crippen LogP contribution in [0.4, 0.5) is 0 Å². The Kier molecular flexibility index (Phi) is 9.29. The van der Waals surface area contributed by atoms with Crippen LogP contribution in [-0.2, 0) is 26.5 Å². The zero-order chi connectivity index (χ0) is 38.5. The van der Waals surface area contributed by atoms with Gasteiger partial charge in [0.15, 0.2) is 0 Å². The van der Waals surface area contributed by atoms with E-state index in [1.54, 1.807) is 17.4 Å². The molecule has 4 heterocycles. The second-order valence-electron chi connectivity index (χ2n) is 14.5. The molecule has 9 aromatic rings. The molecule has 0 amide bonds. The number of aryl methyl sites for hydroxylation is 3. The van der Waals surface area contributed by atoms with E-state index in [1.165, 1.54) is 32.8 Å². The minimum Gasteiger partial charge on any atom is -0.500 e. The Labute approximate surface area is 334 Å². The second-order valence-corrected chi connectivity index (χ2v) is 20.6. The number of aromatic nitrogens is 2. The molecule has 0 saturated heterocycles. The molecule has 5 aromatic carbocycles. The van der Waals surface area contributed by atoms with Gasteiger partial charge in [-0.3, -0.25) is 0 Å². The molecule has 4 aromatic heterocycles. The number of rotatable bonds is 5. The predicted molar refractivity (Wildman–Crippen MR) is 224 cm³/mol. The molecular formula is C47H40IrN2OSSi-2. The minimum absolute atomic E-state index is 0. The molecule has 0 spiro atoms. The van der Waals surface area contributed by atoms with Crippen LogP contribution >= 0.6 is 11.3 Å². The van der Waals surface area contributed by atoms with E-state index in [0.717, 1.165) is 65.7 Å². The van der Waals surface area contributed by atoms with Gasteiger partial charge in [-0.05, 0) is 87.4 Å². The molecule has 0 aliphatic carbocycles. The Balaban J connectivity index is 0.000000169. The molecule has 6 heteroatoms. The topological polar surface area (TPSA) is 38.9 Å². The maximum atomic E-state index is 7.95. The van der Waals surface area contributed by atoms with Crippen molar-refractivity contribution >= 4 is 66.7 Å². The van der Waals surface area contributed by atoms with Crippen molar-refractivity contribution < 1.29 is 28.6 Å². The van der Waals surface area contributed by atoms with Crippen molar-refractivity contribution in [3.05, 3.63) is 162 Å². The summed E-state index contributed by atoms with van der Waals surface area (Å²) < 4.78 is 31.9. The zero-order valence-corrected chi connectivity index (χ0v) is 34.5. The van der Waals surface area contributed by atoms with E-state index in [2.05, 4.69) is 111 Å². The van der Waals surface area contributed by atoms with Gasteiger partial charge >= 0.3 is 0 Å². The molecule has 3 nitrogen and oxygen atoms in total. The quantitative estimate of drug-likeness (QED) is 0.128. The van der Waals surface area contributed by atoms with Crippen LogP contribution in [0.5, 0.6) is 0 Å². The van der Waals surface area contributed by atoms with Gasteiger partial charge in [-0.25, -0.2) is 0 Å². The summed E-state index contributed by atoms with van der Waals surface area (Å²) in [7, 11) is -1.42. The second kappa shape index (κ2) is 15.0. The van der Waals surface area contributed by atoms with E-state index in [9.17, 15) is 0 Å². The van der Waals surface area contributed by atoms with Crippen LogP contribution in [0, 0.1) is 32.8 Å². The molecular weight excluding hydrogens is 861 g/mol. The van der Waals surface area contributed by atoms with Gasteiger partial charge in [-0.15, -0.1) is 47.0 Å². The molecule has 1 radical (unpaired) electrons. The first-order valence-corrected chi connectivity index (χ1v) is 21.8. The van der Waals surface area contributed by atoms with E-state index < -0.39 is 14.9 Å². The van der Waals surface area contributed by atoms with E-state index in [-0.39, 0.29) is 20.1 Å². The molecule has 0 atom stereocenters. The Morgan fingerprint density at radius 3 is 2.32 bits per heavy atom. The van der Waals surface area contributed by atoms with Crippen molar-refractivity contribution in [2.75, 3.05) is 0 Å². The summed E-state index contributed by atoms with van der Waals surface area (Å²) in [4.78, 5) is 9.29. The maximum Gasteiger partial charge on any atom is 0.121 e.